The monoisotopic (exact) mass is 250 g/mol. The minimum absolute atomic E-state index is 0.296. The van der Waals surface area contributed by atoms with Crippen LogP contribution in [0.2, 0.25) is 0 Å². The molecule has 0 radical (unpaired) electrons. The van der Waals surface area contributed by atoms with Crippen LogP contribution in [0.15, 0.2) is 18.2 Å². The SMILES string of the molecule is CNC(c1cc(OC)ccc1OC)C1CCNC1. The van der Waals surface area contributed by atoms with Crippen molar-refractivity contribution in [2.24, 2.45) is 5.92 Å². The van der Waals surface area contributed by atoms with Gasteiger partial charge in [0.1, 0.15) is 11.5 Å². The van der Waals surface area contributed by atoms with Crippen LogP contribution in [0.25, 0.3) is 0 Å². The number of rotatable bonds is 5. The Balaban J connectivity index is 2.32. The van der Waals surface area contributed by atoms with Crippen molar-refractivity contribution < 1.29 is 9.47 Å². The lowest BCUT2D eigenvalue weighted by Crippen LogP contribution is -2.27. The second-order valence-electron chi connectivity index (χ2n) is 4.63. The highest BCUT2D eigenvalue weighted by Gasteiger charge is 2.27. The van der Waals surface area contributed by atoms with Crippen molar-refractivity contribution in [3.63, 3.8) is 0 Å². The first-order chi connectivity index (χ1) is 8.80. The molecule has 4 heteroatoms. The van der Waals surface area contributed by atoms with Crippen LogP contribution in [0.1, 0.15) is 18.0 Å². The van der Waals surface area contributed by atoms with Gasteiger partial charge in [0.2, 0.25) is 0 Å². The Bertz CT molecular complexity index is 389. The minimum atomic E-state index is 0.296. The van der Waals surface area contributed by atoms with Crippen LogP contribution in [0.4, 0.5) is 0 Å². The first kappa shape index (κ1) is 13.2. The minimum Gasteiger partial charge on any atom is -0.497 e. The number of methoxy groups -OCH3 is 2. The topological polar surface area (TPSA) is 42.5 Å². The molecule has 2 rings (SSSR count). The third kappa shape index (κ3) is 2.60. The Kier molecular flexibility index (Phi) is 4.44. The maximum atomic E-state index is 5.47. The summed E-state index contributed by atoms with van der Waals surface area (Å²) in [7, 11) is 5.41. The number of ether oxygens (including phenoxy) is 2. The van der Waals surface area contributed by atoms with Crippen LogP contribution in [-0.2, 0) is 0 Å². The van der Waals surface area contributed by atoms with Gasteiger partial charge in [0, 0.05) is 11.6 Å². The molecule has 1 heterocycles. The van der Waals surface area contributed by atoms with Crippen LogP contribution < -0.4 is 20.1 Å². The lowest BCUT2D eigenvalue weighted by molar-refractivity contribution is 0.364. The zero-order valence-electron chi connectivity index (χ0n) is 11.3. The summed E-state index contributed by atoms with van der Waals surface area (Å²) in [5.74, 6) is 2.38. The lowest BCUT2D eigenvalue weighted by atomic mass is 9.91. The maximum Gasteiger partial charge on any atom is 0.123 e. The zero-order valence-corrected chi connectivity index (χ0v) is 11.3. The molecule has 1 saturated heterocycles. The van der Waals surface area contributed by atoms with E-state index in [-0.39, 0.29) is 0 Å². The molecule has 2 unspecified atom stereocenters. The molecule has 0 bridgehead atoms. The average Bonchev–Trinajstić information content (AvgIpc) is 2.93. The Morgan fingerprint density at radius 2 is 2.17 bits per heavy atom. The summed E-state index contributed by atoms with van der Waals surface area (Å²) >= 11 is 0. The Labute approximate surface area is 109 Å². The van der Waals surface area contributed by atoms with Crippen molar-refractivity contribution >= 4 is 0 Å². The summed E-state index contributed by atoms with van der Waals surface area (Å²) in [6.07, 6.45) is 1.19. The Morgan fingerprint density at radius 1 is 1.33 bits per heavy atom. The summed E-state index contributed by atoms with van der Waals surface area (Å²) in [6, 6.07) is 6.27. The summed E-state index contributed by atoms with van der Waals surface area (Å²) in [6.45, 7) is 2.14. The summed E-state index contributed by atoms with van der Waals surface area (Å²) in [4.78, 5) is 0. The standard InChI is InChI=1S/C14H22N2O2/c1-15-14(10-6-7-16-9-10)12-8-11(17-2)4-5-13(12)18-3/h4-5,8,10,14-16H,6-7,9H2,1-3H3. The molecule has 18 heavy (non-hydrogen) atoms. The molecule has 0 spiro atoms. The van der Waals surface area contributed by atoms with E-state index >= 15 is 0 Å². The smallest absolute Gasteiger partial charge is 0.123 e. The van der Waals surface area contributed by atoms with Gasteiger partial charge in [-0.3, -0.25) is 0 Å². The third-order valence-corrected chi connectivity index (χ3v) is 3.65. The van der Waals surface area contributed by atoms with E-state index in [4.69, 9.17) is 9.47 Å². The van der Waals surface area contributed by atoms with Gasteiger partial charge in [-0.2, -0.15) is 0 Å². The second kappa shape index (κ2) is 6.07. The fourth-order valence-electron chi connectivity index (χ4n) is 2.69. The quantitative estimate of drug-likeness (QED) is 0.832. The molecule has 0 amide bonds. The largest absolute Gasteiger partial charge is 0.497 e. The van der Waals surface area contributed by atoms with Gasteiger partial charge < -0.3 is 20.1 Å². The molecule has 0 aliphatic carbocycles. The lowest BCUT2D eigenvalue weighted by Gasteiger charge is -2.25. The van der Waals surface area contributed by atoms with Crippen molar-refractivity contribution in [2.75, 3.05) is 34.4 Å². The number of nitrogens with one attached hydrogen (secondary N) is 2. The van der Waals surface area contributed by atoms with Crippen molar-refractivity contribution in [3.05, 3.63) is 23.8 Å². The fraction of sp³-hybridized carbons (Fsp3) is 0.571. The molecule has 2 N–H and O–H groups in total. The molecule has 0 aromatic heterocycles. The van der Waals surface area contributed by atoms with E-state index in [9.17, 15) is 0 Å². The van der Waals surface area contributed by atoms with E-state index in [1.807, 2.05) is 19.2 Å². The van der Waals surface area contributed by atoms with E-state index in [0.29, 0.717) is 12.0 Å². The average molecular weight is 250 g/mol. The second-order valence-corrected chi connectivity index (χ2v) is 4.63. The normalized spacial score (nSPS) is 20.7. The van der Waals surface area contributed by atoms with Crippen LogP contribution in [0.3, 0.4) is 0 Å². The summed E-state index contributed by atoms with van der Waals surface area (Å²) in [5.41, 5.74) is 1.17. The predicted octanol–water partition coefficient (Wildman–Crippen LogP) is 1.57. The fourth-order valence-corrected chi connectivity index (χ4v) is 2.69. The highest BCUT2D eigenvalue weighted by atomic mass is 16.5. The molecule has 1 aliphatic heterocycles. The first-order valence-corrected chi connectivity index (χ1v) is 6.40. The van der Waals surface area contributed by atoms with Crippen LogP contribution in [0.5, 0.6) is 11.5 Å². The van der Waals surface area contributed by atoms with Gasteiger partial charge >= 0.3 is 0 Å². The van der Waals surface area contributed by atoms with Crippen molar-refractivity contribution in [3.8, 4) is 11.5 Å². The van der Waals surface area contributed by atoms with Gasteiger partial charge in [-0.15, -0.1) is 0 Å². The third-order valence-electron chi connectivity index (χ3n) is 3.65. The highest BCUT2D eigenvalue weighted by Crippen LogP contribution is 2.35. The molecule has 1 fully saturated rings. The molecule has 1 aliphatic rings. The molecule has 2 atom stereocenters. The van der Waals surface area contributed by atoms with E-state index in [1.54, 1.807) is 14.2 Å². The number of hydrogen-bond acceptors (Lipinski definition) is 4. The molecular weight excluding hydrogens is 228 g/mol. The van der Waals surface area contributed by atoms with Gasteiger partial charge in [-0.1, -0.05) is 0 Å². The van der Waals surface area contributed by atoms with E-state index in [0.717, 1.165) is 24.6 Å². The van der Waals surface area contributed by atoms with Crippen LogP contribution in [0, 0.1) is 5.92 Å². The van der Waals surface area contributed by atoms with E-state index in [2.05, 4.69) is 16.7 Å². The van der Waals surface area contributed by atoms with E-state index in [1.165, 1.54) is 12.0 Å². The maximum absolute atomic E-state index is 5.47. The molecule has 0 saturated carbocycles. The first-order valence-electron chi connectivity index (χ1n) is 6.40. The summed E-state index contributed by atoms with van der Waals surface area (Å²) < 4.78 is 10.8. The predicted molar refractivity (Wildman–Crippen MR) is 72.3 cm³/mol. The molecular formula is C14H22N2O2. The molecule has 4 nitrogen and oxygen atoms in total. The van der Waals surface area contributed by atoms with Gasteiger partial charge in [-0.25, -0.2) is 0 Å². The van der Waals surface area contributed by atoms with Gasteiger partial charge in [0.05, 0.1) is 14.2 Å². The van der Waals surface area contributed by atoms with Gasteiger partial charge in [-0.05, 0) is 50.7 Å². The summed E-state index contributed by atoms with van der Waals surface area (Å²) in [5, 5.41) is 6.82. The zero-order chi connectivity index (χ0) is 13.0. The molecule has 1 aromatic carbocycles. The number of benzene rings is 1. The van der Waals surface area contributed by atoms with Crippen molar-refractivity contribution in [1.82, 2.24) is 10.6 Å². The van der Waals surface area contributed by atoms with Gasteiger partial charge in [0.15, 0.2) is 0 Å². The van der Waals surface area contributed by atoms with Crippen LogP contribution in [-0.4, -0.2) is 34.4 Å². The van der Waals surface area contributed by atoms with E-state index < -0.39 is 0 Å². The Hall–Kier alpha value is -1.26. The van der Waals surface area contributed by atoms with Crippen molar-refractivity contribution in [1.29, 1.82) is 0 Å². The number of hydrogen-bond donors (Lipinski definition) is 2. The van der Waals surface area contributed by atoms with Gasteiger partial charge in [0.25, 0.3) is 0 Å². The molecule has 100 valence electrons. The molecule has 1 aromatic rings. The highest BCUT2D eigenvalue weighted by molar-refractivity contribution is 5.42. The van der Waals surface area contributed by atoms with Crippen molar-refractivity contribution in [2.45, 2.75) is 12.5 Å². The Morgan fingerprint density at radius 3 is 2.72 bits per heavy atom. The van der Waals surface area contributed by atoms with Crippen LogP contribution >= 0.6 is 0 Å².